The molecule has 0 saturated carbocycles. The Bertz CT molecular complexity index is 965. The van der Waals surface area contributed by atoms with Crippen molar-refractivity contribution in [3.8, 4) is 11.1 Å². The molecule has 3 rings (SSSR count). The van der Waals surface area contributed by atoms with Crippen molar-refractivity contribution in [3.05, 3.63) is 35.7 Å². The summed E-state index contributed by atoms with van der Waals surface area (Å²) in [4.78, 5) is 19.7. The molecule has 0 aliphatic heterocycles. The highest BCUT2D eigenvalue weighted by atomic mass is 35.7. The van der Waals surface area contributed by atoms with Crippen LogP contribution in [0.5, 0.6) is 0 Å². The van der Waals surface area contributed by atoms with E-state index in [9.17, 15) is 21.6 Å². The molecule has 0 spiro atoms. The first-order valence-electron chi connectivity index (χ1n) is 5.53. The lowest BCUT2D eigenvalue weighted by atomic mass is 10.1. The molecule has 1 aliphatic rings. The molecule has 0 saturated heterocycles. The molecule has 0 N–H and O–H groups in total. The molecule has 0 amide bonds. The summed E-state index contributed by atoms with van der Waals surface area (Å²) in [7, 11) is 2.21. The standard InChI is InChI=1S/C11H4Cl2N2O5S2/c12-21(17,18)9-1-5-7(3-14-9)8-4-15-10(22(13,19)20)2-6(8)11(5)16/h1-4H. The molecule has 2 aromatic heterocycles. The van der Waals surface area contributed by atoms with Gasteiger partial charge in [-0.05, 0) is 12.1 Å². The number of carbonyl (C=O) groups excluding carboxylic acids is 1. The highest BCUT2D eigenvalue weighted by molar-refractivity contribution is 8.14. The predicted octanol–water partition coefficient (Wildman–Crippen LogP) is 1.54. The van der Waals surface area contributed by atoms with Crippen LogP contribution in [0.1, 0.15) is 15.9 Å². The molecule has 0 atom stereocenters. The number of aromatic nitrogens is 2. The summed E-state index contributed by atoms with van der Waals surface area (Å²) in [5.41, 5.74) is 0.787. The minimum Gasteiger partial charge on any atom is -0.289 e. The number of hydrogen-bond acceptors (Lipinski definition) is 7. The van der Waals surface area contributed by atoms with E-state index in [2.05, 4.69) is 9.97 Å². The molecule has 22 heavy (non-hydrogen) atoms. The number of pyridine rings is 2. The molecule has 0 bridgehead atoms. The average Bonchev–Trinajstić information content (AvgIpc) is 2.70. The second kappa shape index (κ2) is 4.72. The predicted molar refractivity (Wildman–Crippen MR) is 77.0 cm³/mol. The van der Waals surface area contributed by atoms with Gasteiger partial charge < -0.3 is 0 Å². The van der Waals surface area contributed by atoms with Gasteiger partial charge in [0.25, 0.3) is 18.1 Å². The van der Waals surface area contributed by atoms with Gasteiger partial charge in [0, 0.05) is 56.0 Å². The smallest absolute Gasteiger partial charge is 0.278 e. The highest BCUT2D eigenvalue weighted by Gasteiger charge is 2.31. The Morgan fingerprint density at radius 2 is 1.09 bits per heavy atom. The van der Waals surface area contributed by atoms with Crippen LogP contribution in [0.3, 0.4) is 0 Å². The van der Waals surface area contributed by atoms with E-state index in [-0.39, 0.29) is 11.1 Å². The van der Waals surface area contributed by atoms with Crippen LogP contribution < -0.4 is 0 Å². The number of nitrogens with zero attached hydrogens (tertiary/aromatic N) is 2. The molecule has 114 valence electrons. The molecule has 2 heterocycles. The van der Waals surface area contributed by atoms with Gasteiger partial charge in [0.1, 0.15) is 0 Å². The zero-order valence-corrected chi connectivity index (χ0v) is 13.5. The van der Waals surface area contributed by atoms with Crippen molar-refractivity contribution in [1.82, 2.24) is 9.97 Å². The number of ketones is 1. The molecular weight excluding hydrogens is 375 g/mol. The number of hydrogen-bond donors (Lipinski definition) is 0. The molecule has 11 heteroatoms. The lowest BCUT2D eigenvalue weighted by molar-refractivity contribution is 0.104. The van der Waals surface area contributed by atoms with Crippen LogP contribution in [0.2, 0.25) is 0 Å². The van der Waals surface area contributed by atoms with Crippen molar-refractivity contribution in [2.45, 2.75) is 10.1 Å². The lowest BCUT2D eigenvalue weighted by Gasteiger charge is -2.01. The number of fused-ring (bicyclic) bond motifs is 3. The Morgan fingerprint density at radius 3 is 1.41 bits per heavy atom. The summed E-state index contributed by atoms with van der Waals surface area (Å²) in [5.74, 6) is -0.557. The quantitative estimate of drug-likeness (QED) is 0.621. The van der Waals surface area contributed by atoms with Crippen molar-refractivity contribution in [2.24, 2.45) is 0 Å². The van der Waals surface area contributed by atoms with Crippen molar-refractivity contribution in [2.75, 3.05) is 0 Å². The van der Waals surface area contributed by atoms with E-state index in [0.29, 0.717) is 11.1 Å². The number of halogens is 2. The minimum absolute atomic E-state index is 0.0511. The van der Waals surface area contributed by atoms with Crippen LogP contribution in [0.25, 0.3) is 11.1 Å². The Labute approximate surface area is 133 Å². The van der Waals surface area contributed by atoms with Crippen molar-refractivity contribution in [3.63, 3.8) is 0 Å². The summed E-state index contributed by atoms with van der Waals surface area (Å²) in [6.07, 6.45) is 2.34. The third kappa shape index (κ3) is 2.39. The van der Waals surface area contributed by atoms with E-state index >= 15 is 0 Å². The van der Waals surface area contributed by atoms with Gasteiger partial charge in [0.15, 0.2) is 15.8 Å². The maximum atomic E-state index is 12.3. The molecule has 7 nitrogen and oxygen atoms in total. The average molecular weight is 379 g/mol. The maximum absolute atomic E-state index is 12.3. The third-order valence-electron chi connectivity index (χ3n) is 3.04. The first-order valence-corrected chi connectivity index (χ1v) is 10.2. The summed E-state index contributed by atoms with van der Waals surface area (Å²) in [5, 5.41) is -0.931. The normalized spacial score (nSPS) is 13.8. The zero-order valence-electron chi connectivity index (χ0n) is 10.3. The van der Waals surface area contributed by atoms with Gasteiger partial charge in [0.05, 0.1) is 0 Å². The summed E-state index contributed by atoms with van der Waals surface area (Å²) in [6, 6.07) is 2.07. The maximum Gasteiger partial charge on any atom is 0.278 e. The molecule has 0 unspecified atom stereocenters. The van der Waals surface area contributed by atoms with E-state index in [1.165, 1.54) is 12.4 Å². The van der Waals surface area contributed by atoms with Gasteiger partial charge >= 0.3 is 0 Å². The van der Waals surface area contributed by atoms with Crippen LogP contribution in [0.15, 0.2) is 34.6 Å². The van der Waals surface area contributed by atoms with Crippen molar-refractivity contribution >= 4 is 45.2 Å². The SMILES string of the molecule is O=C1c2cc(S(=O)(=O)Cl)ncc2-c2cnc(S(=O)(=O)Cl)cc21. The first-order chi connectivity index (χ1) is 10.1. The summed E-state index contributed by atoms with van der Waals surface area (Å²) >= 11 is 0. The molecule has 0 radical (unpaired) electrons. The largest absolute Gasteiger partial charge is 0.289 e. The first kappa shape index (κ1) is 15.3. The summed E-state index contributed by atoms with van der Waals surface area (Å²) < 4.78 is 45.1. The van der Waals surface area contributed by atoms with Crippen molar-refractivity contribution < 1.29 is 21.6 Å². The van der Waals surface area contributed by atoms with Gasteiger partial charge in [-0.15, -0.1) is 0 Å². The van der Waals surface area contributed by atoms with Crippen LogP contribution in [0.4, 0.5) is 0 Å². The fourth-order valence-electron chi connectivity index (χ4n) is 2.09. The van der Waals surface area contributed by atoms with Crippen LogP contribution >= 0.6 is 21.4 Å². The van der Waals surface area contributed by atoms with Crippen LogP contribution in [-0.2, 0) is 18.1 Å². The second-order valence-electron chi connectivity index (χ2n) is 4.34. The van der Waals surface area contributed by atoms with E-state index in [1.54, 1.807) is 0 Å². The summed E-state index contributed by atoms with van der Waals surface area (Å²) in [6.45, 7) is 0. The number of rotatable bonds is 2. The van der Waals surface area contributed by atoms with Crippen LogP contribution in [-0.4, -0.2) is 32.6 Å². The van der Waals surface area contributed by atoms with Gasteiger partial charge in [-0.25, -0.2) is 26.8 Å². The Kier molecular flexibility index (Phi) is 3.29. The van der Waals surface area contributed by atoms with Gasteiger partial charge in [-0.1, -0.05) is 0 Å². The van der Waals surface area contributed by atoms with Gasteiger partial charge in [-0.2, -0.15) is 0 Å². The van der Waals surface area contributed by atoms with Gasteiger partial charge in [-0.3, -0.25) is 4.79 Å². The highest BCUT2D eigenvalue weighted by Crippen LogP contribution is 2.37. The van der Waals surface area contributed by atoms with E-state index in [4.69, 9.17) is 21.4 Å². The fourth-order valence-corrected chi connectivity index (χ4v) is 3.47. The second-order valence-corrected chi connectivity index (χ2v) is 9.37. The Morgan fingerprint density at radius 1 is 0.727 bits per heavy atom. The van der Waals surface area contributed by atoms with Gasteiger partial charge in [0.2, 0.25) is 0 Å². The molecule has 0 aromatic carbocycles. The lowest BCUT2D eigenvalue weighted by Crippen LogP contribution is -2.01. The van der Waals surface area contributed by atoms with E-state index < -0.39 is 33.9 Å². The fraction of sp³-hybridized carbons (Fsp3) is 0. The molecular formula is C11H4Cl2N2O5S2. The topological polar surface area (TPSA) is 111 Å². The number of carbonyl (C=O) groups is 1. The molecule has 0 fully saturated rings. The monoisotopic (exact) mass is 378 g/mol. The Balaban J connectivity index is 2.24. The zero-order chi connectivity index (χ0) is 16.3. The van der Waals surface area contributed by atoms with E-state index in [1.807, 2.05) is 0 Å². The van der Waals surface area contributed by atoms with E-state index in [0.717, 1.165) is 12.1 Å². The Hall–Kier alpha value is -1.55. The van der Waals surface area contributed by atoms with Crippen molar-refractivity contribution in [1.29, 1.82) is 0 Å². The minimum atomic E-state index is -4.09. The van der Waals surface area contributed by atoms with Crippen LogP contribution in [0, 0.1) is 0 Å². The third-order valence-corrected chi connectivity index (χ3v) is 5.43. The molecule has 2 aromatic rings. The molecule has 1 aliphatic carbocycles.